The van der Waals surface area contributed by atoms with E-state index in [9.17, 15) is 14.3 Å². The minimum Gasteiger partial charge on any atom is -0.504 e. The van der Waals surface area contributed by atoms with Gasteiger partial charge in [-0.3, -0.25) is 9.69 Å². The molecule has 168 valence electrons. The van der Waals surface area contributed by atoms with Crippen LogP contribution in [0.25, 0.3) is 10.9 Å². The Hall–Kier alpha value is -3.06. The highest BCUT2D eigenvalue weighted by Gasteiger charge is 2.35. The van der Waals surface area contributed by atoms with Crippen LogP contribution in [0.1, 0.15) is 47.2 Å². The van der Waals surface area contributed by atoms with E-state index >= 15 is 0 Å². The number of nitrogens with two attached hydrogens (primary N) is 1. The number of fused-ring (bicyclic) bond motifs is 2. The first-order valence-electron chi connectivity index (χ1n) is 11.3. The molecule has 32 heavy (non-hydrogen) atoms. The molecule has 1 amide bonds. The third kappa shape index (κ3) is 3.81. The fraction of sp³-hybridized carbons (Fsp3) is 0.400. The lowest BCUT2D eigenvalue weighted by molar-refractivity contribution is 0.0426. The van der Waals surface area contributed by atoms with Crippen LogP contribution < -0.4 is 10.5 Å². The van der Waals surface area contributed by atoms with E-state index in [0.717, 1.165) is 48.7 Å². The largest absolute Gasteiger partial charge is 0.504 e. The number of aromatic hydroxyl groups is 1. The quantitative estimate of drug-likeness (QED) is 0.523. The molecule has 2 heterocycles. The van der Waals surface area contributed by atoms with Crippen molar-refractivity contribution in [2.75, 3.05) is 13.2 Å². The van der Waals surface area contributed by atoms with Crippen molar-refractivity contribution in [3.8, 4) is 11.5 Å². The topological polar surface area (TPSA) is 91.6 Å². The fourth-order valence-corrected chi connectivity index (χ4v) is 5.09. The van der Waals surface area contributed by atoms with Gasteiger partial charge in [-0.05, 0) is 74.5 Å². The summed E-state index contributed by atoms with van der Waals surface area (Å²) < 4.78 is 19.6. The van der Waals surface area contributed by atoms with Crippen LogP contribution in [0.2, 0.25) is 0 Å². The molecule has 1 aromatic heterocycles. The SMILES string of the molecule is NC(=O)c1ccc(O)c2c1CC(N(CCCc1c[nH]c3ccc(F)cc13)C1CCC1)CO2. The first-order valence-corrected chi connectivity index (χ1v) is 11.3. The smallest absolute Gasteiger partial charge is 0.249 e. The number of aromatic nitrogens is 1. The highest BCUT2D eigenvalue weighted by Crippen LogP contribution is 2.39. The van der Waals surface area contributed by atoms with E-state index in [1.807, 2.05) is 6.20 Å². The summed E-state index contributed by atoms with van der Waals surface area (Å²) in [6.45, 7) is 1.36. The van der Waals surface area contributed by atoms with Crippen LogP contribution in [0, 0.1) is 5.82 Å². The first kappa shape index (κ1) is 20.8. The summed E-state index contributed by atoms with van der Waals surface area (Å²) >= 11 is 0. The Labute approximate surface area is 186 Å². The van der Waals surface area contributed by atoms with Gasteiger partial charge in [0.1, 0.15) is 12.4 Å². The zero-order valence-corrected chi connectivity index (χ0v) is 17.9. The predicted octanol–water partition coefficient (Wildman–Crippen LogP) is 3.90. The minimum atomic E-state index is -0.507. The maximum Gasteiger partial charge on any atom is 0.249 e. The molecule has 1 fully saturated rings. The van der Waals surface area contributed by atoms with Gasteiger partial charge in [0.25, 0.3) is 0 Å². The Morgan fingerprint density at radius 2 is 2.09 bits per heavy atom. The predicted molar refractivity (Wildman–Crippen MR) is 121 cm³/mol. The Balaban J connectivity index is 1.32. The number of phenolic OH excluding ortho intramolecular Hbond substituents is 1. The number of aromatic amines is 1. The van der Waals surface area contributed by atoms with E-state index in [1.54, 1.807) is 18.2 Å². The second-order valence-corrected chi connectivity index (χ2v) is 8.90. The van der Waals surface area contributed by atoms with Gasteiger partial charge in [0.2, 0.25) is 5.91 Å². The highest BCUT2D eigenvalue weighted by molar-refractivity contribution is 5.95. The Kier molecular flexibility index (Phi) is 5.51. The Morgan fingerprint density at radius 1 is 1.25 bits per heavy atom. The average molecular weight is 438 g/mol. The number of amides is 1. The van der Waals surface area contributed by atoms with Crippen molar-refractivity contribution in [3.63, 3.8) is 0 Å². The molecule has 0 spiro atoms. The number of halogens is 1. The van der Waals surface area contributed by atoms with Gasteiger partial charge >= 0.3 is 0 Å². The lowest BCUT2D eigenvalue weighted by atomic mass is 9.87. The van der Waals surface area contributed by atoms with Gasteiger partial charge in [-0.2, -0.15) is 0 Å². The second-order valence-electron chi connectivity index (χ2n) is 8.90. The van der Waals surface area contributed by atoms with E-state index in [4.69, 9.17) is 10.5 Å². The van der Waals surface area contributed by atoms with Crippen LogP contribution in [-0.2, 0) is 12.8 Å². The molecule has 1 aliphatic carbocycles. The average Bonchev–Trinajstić information content (AvgIpc) is 3.13. The van der Waals surface area contributed by atoms with E-state index in [0.29, 0.717) is 35.9 Å². The summed E-state index contributed by atoms with van der Waals surface area (Å²) in [5.74, 6) is -0.301. The maximum absolute atomic E-state index is 13.7. The van der Waals surface area contributed by atoms with E-state index in [1.165, 1.54) is 18.6 Å². The fourth-order valence-electron chi connectivity index (χ4n) is 5.09. The van der Waals surface area contributed by atoms with E-state index in [-0.39, 0.29) is 17.6 Å². The Morgan fingerprint density at radius 3 is 2.84 bits per heavy atom. The zero-order chi connectivity index (χ0) is 22.2. The van der Waals surface area contributed by atoms with E-state index in [2.05, 4.69) is 9.88 Å². The molecule has 7 heteroatoms. The number of hydrogen-bond donors (Lipinski definition) is 3. The van der Waals surface area contributed by atoms with Crippen LogP contribution in [-0.4, -0.2) is 46.1 Å². The van der Waals surface area contributed by atoms with Gasteiger partial charge in [0.15, 0.2) is 11.5 Å². The number of rotatable bonds is 7. The van der Waals surface area contributed by atoms with Gasteiger partial charge in [-0.1, -0.05) is 6.42 Å². The van der Waals surface area contributed by atoms with Crippen molar-refractivity contribution in [2.45, 2.75) is 50.6 Å². The van der Waals surface area contributed by atoms with Crippen molar-refractivity contribution < 1.29 is 19.0 Å². The Bertz CT molecular complexity index is 1150. The number of nitrogens with one attached hydrogen (secondary N) is 1. The first-order chi connectivity index (χ1) is 15.5. The molecule has 2 aliphatic rings. The van der Waals surface area contributed by atoms with Crippen LogP contribution in [0.4, 0.5) is 4.39 Å². The summed E-state index contributed by atoms with van der Waals surface area (Å²) in [7, 11) is 0. The summed E-state index contributed by atoms with van der Waals surface area (Å²) in [5.41, 5.74) is 8.77. The zero-order valence-electron chi connectivity index (χ0n) is 17.9. The third-order valence-electron chi connectivity index (χ3n) is 6.97. The summed E-state index contributed by atoms with van der Waals surface area (Å²) in [6, 6.07) is 8.50. The molecule has 5 rings (SSSR count). The monoisotopic (exact) mass is 437 g/mol. The molecule has 0 bridgehead atoms. The molecule has 4 N–H and O–H groups in total. The molecule has 2 aromatic carbocycles. The second kappa shape index (κ2) is 8.47. The number of aryl methyl sites for hydroxylation is 1. The van der Waals surface area contributed by atoms with Crippen molar-refractivity contribution in [2.24, 2.45) is 5.73 Å². The summed E-state index contributed by atoms with van der Waals surface area (Å²) in [5, 5.41) is 11.1. The molecule has 1 aliphatic heterocycles. The molecular formula is C25H28FN3O3. The number of carbonyl (C=O) groups excluding carboxylic acids is 1. The van der Waals surface area contributed by atoms with Crippen LogP contribution in [0.15, 0.2) is 36.5 Å². The van der Waals surface area contributed by atoms with Crippen LogP contribution in [0.3, 0.4) is 0 Å². The van der Waals surface area contributed by atoms with Crippen molar-refractivity contribution in [1.29, 1.82) is 0 Å². The van der Waals surface area contributed by atoms with Crippen molar-refractivity contribution in [3.05, 3.63) is 59.0 Å². The summed E-state index contributed by atoms with van der Waals surface area (Å²) in [6.07, 6.45) is 7.92. The molecule has 1 saturated carbocycles. The molecule has 0 saturated heterocycles. The highest BCUT2D eigenvalue weighted by atomic mass is 19.1. The molecule has 0 radical (unpaired) electrons. The third-order valence-corrected chi connectivity index (χ3v) is 6.97. The van der Waals surface area contributed by atoms with Gasteiger partial charge in [0.05, 0.1) is 0 Å². The van der Waals surface area contributed by atoms with Gasteiger partial charge in [-0.25, -0.2) is 4.39 Å². The number of nitrogens with zero attached hydrogens (tertiary/aromatic N) is 1. The van der Waals surface area contributed by atoms with Crippen molar-refractivity contribution >= 4 is 16.8 Å². The summed E-state index contributed by atoms with van der Waals surface area (Å²) in [4.78, 5) is 17.7. The number of carbonyl (C=O) groups is 1. The molecule has 1 unspecified atom stereocenters. The number of primary amides is 1. The number of phenols is 1. The normalized spacial score (nSPS) is 18.4. The van der Waals surface area contributed by atoms with Crippen LogP contribution in [0.5, 0.6) is 11.5 Å². The molecule has 1 atom stereocenters. The molecule has 6 nitrogen and oxygen atoms in total. The van der Waals surface area contributed by atoms with Crippen LogP contribution >= 0.6 is 0 Å². The van der Waals surface area contributed by atoms with Crippen molar-refractivity contribution in [1.82, 2.24) is 9.88 Å². The lowest BCUT2D eigenvalue weighted by Crippen LogP contribution is -2.51. The molecular weight excluding hydrogens is 409 g/mol. The maximum atomic E-state index is 13.7. The minimum absolute atomic E-state index is 0.0465. The number of H-pyrrole nitrogens is 1. The lowest BCUT2D eigenvalue weighted by Gasteiger charge is -2.44. The van der Waals surface area contributed by atoms with Gasteiger partial charge in [0, 0.05) is 40.3 Å². The number of ether oxygens (including phenoxy) is 1. The molecule has 3 aromatic rings. The van der Waals surface area contributed by atoms with Gasteiger partial charge < -0.3 is 20.6 Å². The van der Waals surface area contributed by atoms with Gasteiger partial charge in [-0.15, -0.1) is 0 Å². The van der Waals surface area contributed by atoms with E-state index < -0.39 is 5.91 Å². The standard InChI is InChI=1S/C25H28FN3O3/c26-16-6-8-22-20(11-16)15(13-28-22)3-2-10-29(17-4-1-5-17)18-12-21-19(25(27)31)7-9-23(30)24(21)32-14-18/h6-9,11,13,17-18,28,30H,1-5,10,12,14H2,(H2,27,31). The number of hydrogen-bond acceptors (Lipinski definition) is 4. The number of benzene rings is 2.